The van der Waals surface area contributed by atoms with Crippen LogP contribution in [0.1, 0.15) is 16.7 Å². The topological polar surface area (TPSA) is 121 Å². The molecule has 7 nitrogen and oxygen atoms in total. The van der Waals surface area contributed by atoms with Crippen LogP contribution in [-0.4, -0.2) is 14.8 Å². The molecule has 2 heterocycles. The van der Waals surface area contributed by atoms with Crippen LogP contribution in [0.4, 0.5) is 17.3 Å². The van der Waals surface area contributed by atoms with Crippen LogP contribution < -0.4 is 22.7 Å². The Morgan fingerprint density at radius 3 is 2.61 bits per heavy atom. The molecule has 0 aliphatic carbocycles. The second-order valence-corrected chi connectivity index (χ2v) is 5.42. The van der Waals surface area contributed by atoms with Crippen LogP contribution in [0.15, 0.2) is 42.7 Å². The third kappa shape index (κ3) is 3.09. The number of pyridine rings is 1. The molecule has 3 rings (SSSR count). The molecule has 0 unspecified atom stereocenters. The van der Waals surface area contributed by atoms with Crippen LogP contribution in [0.5, 0.6) is 0 Å². The Labute approximate surface area is 134 Å². The maximum Gasteiger partial charge on any atom is 0.165 e. The number of aryl methyl sites for hydroxylation is 1. The van der Waals surface area contributed by atoms with Gasteiger partial charge in [0.15, 0.2) is 5.82 Å². The normalized spacial score (nSPS) is 10.7. The Bertz CT molecular complexity index is 821. The van der Waals surface area contributed by atoms with Gasteiger partial charge in [-0.15, -0.1) is 0 Å². The molecule has 2 aromatic heterocycles. The zero-order chi connectivity index (χ0) is 16.4. The highest BCUT2D eigenvalue weighted by Gasteiger charge is 2.10. The molecule has 1 aromatic carbocycles. The predicted octanol–water partition coefficient (Wildman–Crippen LogP) is 1.62. The summed E-state index contributed by atoms with van der Waals surface area (Å²) in [5.74, 6) is 6.16. The maximum absolute atomic E-state index is 6.06. The third-order valence-electron chi connectivity index (χ3n) is 3.63. The van der Waals surface area contributed by atoms with Gasteiger partial charge in [0, 0.05) is 12.6 Å². The van der Waals surface area contributed by atoms with Gasteiger partial charge in [-0.2, -0.15) is 5.10 Å². The highest BCUT2D eigenvalue weighted by molar-refractivity contribution is 5.68. The fraction of sp³-hybridized carbons (Fsp3) is 0.125. The number of benzene rings is 1. The lowest BCUT2D eigenvalue weighted by Gasteiger charge is -2.10. The highest BCUT2D eigenvalue weighted by atomic mass is 15.3. The van der Waals surface area contributed by atoms with Crippen molar-refractivity contribution in [1.82, 2.24) is 14.8 Å². The molecule has 118 valence electrons. The monoisotopic (exact) mass is 309 g/mol. The summed E-state index contributed by atoms with van der Waals surface area (Å²) in [7, 11) is 0. The second-order valence-electron chi connectivity index (χ2n) is 5.42. The summed E-state index contributed by atoms with van der Waals surface area (Å²) >= 11 is 0. The van der Waals surface area contributed by atoms with Crippen molar-refractivity contribution >= 4 is 17.3 Å². The number of nitrogens with two attached hydrogens (primary N) is 3. The lowest BCUT2D eigenvalue weighted by molar-refractivity contribution is 0.879. The van der Waals surface area contributed by atoms with E-state index in [1.807, 2.05) is 29.2 Å². The van der Waals surface area contributed by atoms with Gasteiger partial charge in [-0.3, -0.25) is 0 Å². The van der Waals surface area contributed by atoms with Gasteiger partial charge in [-0.25, -0.2) is 15.5 Å². The minimum absolute atomic E-state index is 0.369. The van der Waals surface area contributed by atoms with Crippen molar-refractivity contribution in [2.24, 2.45) is 5.84 Å². The highest BCUT2D eigenvalue weighted by Crippen LogP contribution is 2.25. The first-order valence-corrected chi connectivity index (χ1v) is 7.19. The molecule has 7 heteroatoms. The van der Waals surface area contributed by atoms with E-state index in [0.29, 0.717) is 23.7 Å². The molecule has 0 bridgehead atoms. The van der Waals surface area contributed by atoms with E-state index in [9.17, 15) is 0 Å². The summed E-state index contributed by atoms with van der Waals surface area (Å²) in [6, 6.07) is 9.91. The van der Waals surface area contributed by atoms with Gasteiger partial charge in [0.1, 0.15) is 5.82 Å². The Morgan fingerprint density at radius 1 is 1.17 bits per heavy atom. The first kappa shape index (κ1) is 14.9. The van der Waals surface area contributed by atoms with Crippen molar-refractivity contribution in [3.8, 4) is 5.69 Å². The number of aromatic nitrogens is 3. The maximum atomic E-state index is 6.06. The average molecular weight is 309 g/mol. The van der Waals surface area contributed by atoms with Crippen molar-refractivity contribution in [3.63, 3.8) is 0 Å². The summed E-state index contributed by atoms with van der Waals surface area (Å²) < 4.78 is 1.83. The van der Waals surface area contributed by atoms with Gasteiger partial charge < -0.3 is 16.9 Å². The van der Waals surface area contributed by atoms with E-state index in [1.165, 1.54) is 5.56 Å². The number of anilines is 3. The van der Waals surface area contributed by atoms with E-state index in [4.69, 9.17) is 17.3 Å². The molecule has 0 spiro atoms. The van der Waals surface area contributed by atoms with Crippen molar-refractivity contribution in [2.45, 2.75) is 13.3 Å². The second kappa shape index (κ2) is 5.98. The molecular formula is C16H19N7. The van der Waals surface area contributed by atoms with Gasteiger partial charge in [0.25, 0.3) is 0 Å². The summed E-state index contributed by atoms with van der Waals surface area (Å²) in [6.07, 6.45) is 4.38. The van der Waals surface area contributed by atoms with Gasteiger partial charge >= 0.3 is 0 Å². The molecule has 23 heavy (non-hydrogen) atoms. The van der Waals surface area contributed by atoms with E-state index < -0.39 is 0 Å². The number of hydrazine groups is 1. The minimum Gasteiger partial charge on any atom is -0.395 e. The number of rotatable bonds is 4. The van der Waals surface area contributed by atoms with Gasteiger partial charge in [-0.1, -0.05) is 17.7 Å². The van der Waals surface area contributed by atoms with Crippen LogP contribution in [-0.2, 0) is 6.42 Å². The van der Waals surface area contributed by atoms with Crippen molar-refractivity contribution in [1.29, 1.82) is 0 Å². The Morgan fingerprint density at radius 2 is 1.91 bits per heavy atom. The summed E-state index contributed by atoms with van der Waals surface area (Å²) in [6.45, 7) is 2.05. The van der Waals surface area contributed by atoms with E-state index >= 15 is 0 Å². The Balaban J connectivity index is 1.87. The lowest BCUT2D eigenvalue weighted by Crippen LogP contribution is -2.13. The quantitative estimate of drug-likeness (QED) is 0.429. The van der Waals surface area contributed by atoms with E-state index in [-0.39, 0.29) is 0 Å². The molecule has 0 saturated carbocycles. The average Bonchev–Trinajstić information content (AvgIpc) is 2.99. The van der Waals surface area contributed by atoms with E-state index in [0.717, 1.165) is 16.8 Å². The van der Waals surface area contributed by atoms with Crippen LogP contribution in [0.3, 0.4) is 0 Å². The largest absolute Gasteiger partial charge is 0.395 e. The number of nitrogens with zero attached hydrogens (tertiary/aromatic N) is 3. The fourth-order valence-corrected chi connectivity index (χ4v) is 2.40. The first-order valence-electron chi connectivity index (χ1n) is 7.19. The van der Waals surface area contributed by atoms with Gasteiger partial charge in [-0.05, 0) is 36.2 Å². The molecule has 7 N–H and O–H groups in total. The minimum atomic E-state index is 0.369. The molecule has 3 aromatic rings. The van der Waals surface area contributed by atoms with Gasteiger partial charge in [0.05, 0.1) is 17.6 Å². The van der Waals surface area contributed by atoms with E-state index in [2.05, 4.69) is 34.6 Å². The van der Waals surface area contributed by atoms with Crippen LogP contribution in [0.25, 0.3) is 5.69 Å². The molecule has 0 saturated heterocycles. The SMILES string of the molecule is Cc1ccc(-n2cc(Cc3cc(N)nc(NN)c3N)cn2)cc1. The van der Waals surface area contributed by atoms with Crippen LogP contribution in [0.2, 0.25) is 0 Å². The summed E-state index contributed by atoms with van der Waals surface area (Å²) in [5, 5.41) is 4.40. The van der Waals surface area contributed by atoms with Crippen molar-refractivity contribution in [2.75, 3.05) is 16.9 Å². The molecule has 0 amide bonds. The van der Waals surface area contributed by atoms with Crippen molar-refractivity contribution < 1.29 is 0 Å². The zero-order valence-electron chi connectivity index (χ0n) is 12.8. The molecule has 0 fully saturated rings. The fourth-order valence-electron chi connectivity index (χ4n) is 2.40. The number of nitrogen functional groups attached to an aromatic ring is 3. The Hall–Kier alpha value is -3.06. The standard InChI is InChI=1S/C16H19N7/c1-10-2-4-13(5-3-10)23-9-11(8-20-23)6-12-7-14(17)21-16(22-19)15(12)18/h2-5,7-9H,6,18-19H2,1H3,(H3,17,21,22). The van der Waals surface area contributed by atoms with Gasteiger partial charge in [0.2, 0.25) is 0 Å². The molecule has 0 aliphatic rings. The van der Waals surface area contributed by atoms with E-state index in [1.54, 1.807) is 6.07 Å². The molecular weight excluding hydrogens is 290 g/mol. The third-order valence-corrected chi connectivity index (χ3v) is 3.63. The number of hydrogen-bond acceptors (Lipinski definition) is 6. The molecule has 0 atom stereocenters. The smallest absolute Gasteiger partial charge is 0.165 e. The predicted molar refractivity (Wildman–Crippen MR) is 92.0 cm³/mol. The number of nitrogens with one attached hydrogen (secondary N) is 1. The lowest BCUT2D eigenvalue weighted by atomic mass is 10.1. The summed E-state index contributed by atoms with van der Waals surface area (Å²) in [4.78, 5) is 4.05. The van der Waals surface area contributed by atoms with Crippen LogP contribution in [0, 0.1) is 6.92 Å². The van der Waals surface area contributed by atoms with Crippen LogP contribution >= 0.6 is 0 Å². The van der Waals surface area contributed by atoms with Crippen molar-refractivity contribution in [3.05, 3.63) is 59.4 Å². The molecule has 0 aliphatic heterocycles. The number of hydrogen-bond donors (Lipinski definition) is 4. The Kier molecular flexibility index (Phi) is 3.86. The zero-order valence-corrected chi connectivity index (χ0v) is 12.8. The summed E-state index contributed by atoms with van der Waals surface area (Å²) in [5.41, 5.74) is 18.9. The molecule has 0 radical (unpaired) electrons. The first-order chi connectivity index (χ1) is 11.1.